The van der Waals surface area contributed by atoms with Crippen LogP contribution in [0.5, 0.6) is 0 Å². The van der Waals surface area contributed by atoms with E-state index in [1.54, 1.807) is 0 Å². The molecule has 0 spiro atoms. The summed E-state index contributed by atoms with van der Waals surface area (Å²) in [5.74, 6) is -0.301. The van der Waals surface area contributed by atoms with Gasteiger partial charge in [0.2, 0.25) is 5.91 Å². The van der Waals surface area contributed by atoms with Gasteiger partial charge < -0.3 is 14.5 Å². The predicted octanol–water partition coefficient (Wildman–Crippen LogP) is 1.89. The third kappa shape index (κ3) is 4.61. The van der Waals surface area contributed by atoms with Gasteiger partial charge in [0, 0.05) is 6.92 Å². The van der Waals surface area contributed by atoms with Crippen molar-refractivity contribution < 1.29 is 18.8 Å². The molecule has 1 aliphatic rings. The number of ether oxygens (including phenoxy) is 1. The van der Waals surface area contributed by atoms with E-state index in [-0.39, 0.29) is 23.9 Å². The Hall–Kier alpha value is -0.883. The highest BCUT2D eigenvalue weighted by molar-refractivity contribution is 6.71. The highest BCUT2D eigenvalue weighted by Crippen LogP contribution is 2.27. The molecule has 0 bridgehead atoms. The van der Waals surface area contributed by atoms with Gasteiger partial charge in [0.15, 0.2) is 14.5 Å². The zero-order chi connectivity index (χ0) is 14.8. The Morgan fingerprint density at radius 3 is 2.37 bits per heavy atom. The van der Waals surface area contributed by atoms with E-state index in [1.165, 1.54) is 6.92 Å². The average Bonchev–Trinajstić information content (AvgIpc) is 2.11. The largest absolute Gasteiger partial charge is 0.441 e. The normalized spacial score (nSPS) is 24.7. The van der Waals surface area contributed by atoms with E-state index in [0.29, 0.717) is 5.92 Å². The minimum absolute atomic E-state index is 0.104. The topological polar surface area (TPSA) is 64.6 Å². The fourth-order valence-corrected chi connectivity index (χ4v) is 5.93. The summed E-state index contributed by atoms with van der Waals surface area (Å²) < 4.78 is 11.2. The summed E-state index contributed by atoms with van der Waals surface area (Å²) in [6.45, 7) is 11.9. The summed E-state index contributed by atoms with van der Waals surface area (Å²) in [4.78, 5) is 22.6. The van der Waals surface area contributed by atoms with Crippen LogP contribution in [-0.2, 0) is 18.8 Å². The van der Waals surface area contributed by atoms with Gasteiger partial charge in [0.1, 0.15) is 5.92 Å². The summed E-state index contributed by atoms with van der Waals surface area (Å²) in [5, 5.41) is 2.59. The second kappa shape index (κ2) is 6.05. The maximum absolute atomic E-state index is 11.6. The van der Waals surface area contributed by atoms with Gasteiger partial charge in [0.25, 0.3) is 0 Å². The molecule has 1 aliphatic heterocycles. The first-order valence-corrected chi connectivity index (χ1v) is 9.89. The molecule has 3 atom stereocenters. The molecule has 0 aliphatic carbocycles. The lowest BCUT2D eigenvalue weighted by atomic mass is 9.93. The first-order chi connectivity index (χ1) is 8.62. The lowest BCUT2D eigenvalue weighted by Crippen LogP contribution is -2.64. The summed E-state index contributed by atoms with van der Waals surface area (Å²) in [6, 6.07) is 1.05. The number of rotatable bonds is 6. The van der Waals surface area contributed by atoms with E-state index in [9.17, 15) is 9.59 Å². The summed E-state index contributed by atoms with van der Waals surface area (Å²) in [7, 11) is -1.79. The van der Waals surface area contributed by atoms with Gasteiger partial charge >= 0.3 is 5.97 Å². The molecule has 0 aromatic heterocycles. The van der Waals surface area contributed by atoms with Crippen molar-refractivity contribution in [3.63, 3.8) is 0 Å². The van der Waals surface area contributed by atoms with E-state index in [0.717, 1.165) is 6.04 Å². The molecule has 110 valence electrons. The fraction of sp³-hybridized carbons (Fsp3) is 0.846. The van der Waals surface area contributed by atoms with Gasteiger partial charge in [-0.25, -0.2) is 0 Å². The van der Waals surface area contributed by atoms with Crippen molar-refractivity contribution in [3.8, 4) is 0 Å². The third-order valence-electron chi connectivity index (χ3n) is 3.12. The van der Waals surface area contributed by atoms with Crippen LogP contribution in [0, 0.1) is 11.8 Å². The molecule has 1 fully saturated rings. The molecule has 5 nitrogen and oxygen atoms in total. The fourth-order valence-electron chi connectivity index (χ4n) is 2.72. The number of nitrogens with one attached hydrogen (secondary N) is 1. The van der Waals surface area contributed by atoms with Crippen LogP contribution in [0.25, 0.3) is 0 Å². The zero-order valence-electron chi connectivity index (χ0n) is 12.6. The van der Waals surface area contributed by atoms with Gasteiger partial charge in [-0.2, -0.15) is 0 Å². The molecule has 19 heavy (non-hydrogen) atoms. The number of hydrogen-bond acceptors (Lipinski definition) is 4. The van der Waals surface area contributed by atoms with Crippen molar-refractivity contribution in [2.45, 2.75) is 59.2 Å². The van der Waals surface area contributed by atoms with Crippen LogP contribution < -0.4 is 5.32 Å². The number of esters is 1. The summed E-state index contributed by atoms with van der Waals surface area (Å²) in [5.41, 5.74) is 0. The number of β-lactam (4-membered cyclic amide) rings is 1. The summed E-state index contributed by atoms with van der Waals surface area (Å²) >= 11 is 0. The maximum Gasteiger partial charge on any atom is 0.304 e. The Balaban J connectivity index is 2.58. The van der Waals surface area contributed by atoms with E-state index in [1.807, 2.05) is 6.92 Å². The van der Waals surface area contributed by atoms with E-state index in [2.05, 4.69) is 32.3 Å². The Labute approximate surface area is 116 Å². The molecule has 1 saturated heterocycles. The number of carbonyl (C=O) groups excluding carboxylic acids is 2. The van der Waals surface area contributed by atoms with Gasteiger partial charge in [-0.15, -0.1) is 0 Å². The van der Waals surface area contributed by atoms with Crippen molar-refractivity contribution in [1.29, 1.82) is 0 Å². The van der Waals surface area contributed by atoms with Crippen LogP contribution in [-0.4, -0.2) is 32.5 Å². The Morgan fingerprint density at radius 1 is 1.37 bits per heavy atom. The van der Waals surface area contributed by atoms with Crippen molar-refractivity contribution in [1.82, 2.24) is 5.32 Å². The molecule has 0 saturated carbocycles. The van der Waals surface area contributed by atoms with Crippen molar-refractivity contribution >= 4 is 20.2 Å². The van der Waals surface area contributed by atoms with Crippen LogP contribution in [0.1, 0.15) is 27.7 Å². The average molecular weight is 287 g/mol. The first-order valence-electron chi connectivity index (χ1n) is 6.78. The zero-order valence-corrected chi connectivity index (χ0v) is 13.6. The molecule has 1 heterocycles. The predicted molar refractivity (Wildman–Crippen MR) is 74.9 cm³/mol. The van der Waals surface area contributed by atoms with Crippen LogP contribution in [0.4, 0.5) is 0 Å². The molecule has 0 aromatic carbocycles. The molecular formula is C13H25NO4Si. The van der Waals surface area contributed by atoms with E-state index in [4.69, 9.17) is 9.16 Å². The quantitative estimate of drug-likeness (QED) is 0.460. The molecule has 0 aromatic rings. The van der Waals surface area contributed by atoms with Crippen LogP contribution in [0.3, 0.4) is 0 Å². The number of carbonyl (C=O) groups is 2. The highest BCUT2D eigenvalue weighted by atomic mass is 28.4. The van der Waals surface area contributed by atoms with Gasteiger partial charge in [-0.3, -0.25) is 9.59 Å². The lowest BCUT2D eigenvalue weighted by Gasteiger charge is -2.41. The van der Waals surface area contributed by atoms with Crippen molar-refractivity contribution in [2.24, 2.45) is 11.8 Å². The Kier molecular flexibility index (Phi) is 5.15. The monoisotopic (exact) mass is 287 g/mol. The Morgan fingerprint density at radius 2 is 1.95 bits per heavy atom. The first kappa shape index (κ1) is 16.2. The number of amides is 1. The molecular weight excluding hydrogens is 262 g/mol. The van der Waals surface area contributed by atoms with Crippen LogP contribution >= 0.6 is 0 Å². The maximum atomic E-state index is 11.6. The van der Waals surface area contributed by atoms with Gasteiger partial charge in [-0.05, 0) is 32.0 Å². The summed E-state index contributed by atoms with van der Waals surface area (Å²) in [6.07, 6.45) is -0.762. The minimum Gasteiger partial charge on any atom is -0.441 e. The highest BCUT2D eigenvalue weighted by Gasteiger charge is 2.47. The molecule has 0 unspecified atom stereocenters. The SMILES string of the molecule is CC(=O)O[C@H]1NC(=O)[C@@H]1[C@H](C)O[Si](C)(C)CC(C)C. The van der Waals surface area contributed by atoms with Crippen molar-refractivity contribution in [2.75, 3.05) is 0 Å². The van der Waals surface area contributed by atoms with Crippen LogP contribution in [0.15, 0.2) is 0 Å². The van der Waals surface area contributed by atoms with Gasteiger partial charge in [0.05, 0.1) is 6.10 Å². The molecule has 0 radical (unpaired) electrons. The smallest absolute Gasteiger partial charge is 0.304 e. The van der Waals surface area contributed by atoms with Crippen molar-refractivity contribution in [3.05, 3.63) is 0 Å². The third-order valence-corrected chi connectivity index (χ3v) is 5.93. The molecule has 1 N–H and O–H groups in total. The number of hydrogen-bond donors (Lipinski definition) is 1. The molecule has 6 heteroatoms. The van der Waals surface area contributed by atoms with Crippen LogP contribution in [0.2, 0.25) is 19.1 Å². The van der Waals surface area contributed by atoms with E-state index < -0.39 is 14.5 Å². The molecule has 1 amide bonds. The van der Waals surface area contributed by atoms with Gasteiger partial charge in [-0.1, -0.05) is 13.8 Å². The van der Waals surface area contributed by atoms with E-state index >= 15 is 0 Å². The standard InChI is InChI=1S/C13H25NO4Si/c1-8(2)7-19(5,6)18-9(3)11-12(16)14-13(11)17-10(4)15/h8-9,11,13H,7H2,1-6H3,(H,14,16)/t9-,11-,13+/m0/s1. The molecule has 1 rings (SSSR count). The second-order valence-electron chi connectivity index (χ2n) is 6.25. The Bertz CT molecular complexity index is 357. The lowest BCUT2D eigenvalue weighted by molar-refractivity contribution is -0.172. The second-order valence-corrected chi connectivity index (χ2v) is 10.4. The minimum atomic E-state index is -1.79.